The predicted octanol–water partition coefficient (Wildman–Crippen LogP) is 6.73. The van der Waals surface area contributed by atoms with E-state index in [0.717, 1.165) is 34.1 Å². The van der Waals surface area contributed by atoms with Crippen LogP contribution in [0.4, 0.5) is 9.59 Å². The number of methoxy groups -OCH3 is 1. The first kappa shape index (κ1) is 42.3. The molecule has 56 heavy (non-hydrogen) atoms. The predicted molar refractivity (Wildman–Crippen MR) is 210 cm³/mol. The molecule has 0 aromatic heterocycles. The zero-order valence-corrected chi connectivity index (χ0v) is 33.0. The van der Waals surface area contributed by atoms with Crippen LogP contribution in [-0.2, 0) is 46.2 Å². The summed E-state index contributed by atoms with van der Waals surface area (Å²) in [5.74, 6) is -0.950. The SMILES string of the molecule is CCOC(=O)[C@H](CC(C)C)NC(=O)CC[C@@H]1C[C@@H](OC(=O)NCc2cccc3ccccc23)C[C@@]2(CCC[C@H](COC(=O)NCCc3ccccc3OC)O2)O1. The number of amides is 3. The maximum Gasteiger partial charge on any atom is 0.407 e. The summed E-state index contributed by atoms with van der Waals surface area (Å²) in [6, 6.07) is 20.8. The zero-order valence-electron chi connectivity index (χ0n) is 33.0. The maximum absolute atomic E-state index is 13.3. The monoisotopic (exact) mass is 775 g/mol. The van der Waals surface area contributed by atoms with Gasteiger partial charge in [-0.2, -0.15) is 0 Å². The largest absolute Gasteiger partial charge is 0.496 e. The second-order valence-electron chi connectivity index (χ2n) is 14.9. The minimum atomic E-state index is -1.11. The Kier molecular flexibility index (Phi) is 15.8. The van der Waals surface area contributed by atoms with Crippen molar-refractivity contribution in [2.45, 2.75) is 115 Å². The first-order valence-electron chi connectivity index (χ1n) is 19.8. The van der Waals surface area contributed by atoms with Crippen LogP contribution < -0.4 is 20.7 Å². The van der Waals surface area contributed by atoms with Crippen LogP contribution >= 0.6 is 0 Å². The van der Waals surface area contributed by atoms with Gasteiger partial charge in [0.05, 0.1) is 25.9 Å². The Bertz CT molecular complexity index is 1760. The molecular formula is C43H57N3O10. The molecule has 13 nitrogen and oxygen atoms in total. The van der Waals surface area contributed by atoms with Crippen molar-refractivity contribution in [2.24, 2.45) is 5.92 Å². The van der Waals surface area contributed by atoms with E-state index in [1.54, 1.807) is 14.0 Å². The molecule has 2 fully saturated rings. The van der Waals surface area contributed by atoms with Crippen LogP contribution in [-0.4, -0.2) is 81.1 Å². The van der Waals surface area contributed by atoms with Crippen LogP contribution in [0, 0.1) is 5.92 Å². The van der Waals surface area contributed by atoms with Gasteiger partial charge in [0.25, 0.3) is 0 Å². The number of alkyl carbamates (subject to hydrolysis) is 2. The summed E-state index contributed by atoms with van der Waals surface area (Å²) in [6.45, 7) is 6.57. The summed E-state index contributed by atoms with van der Waals surface area (Å²) in [5.41, 5.74) is 1.94. The molecule has 2 aliphatic rings. The molecule has 0 aliphatic carbocycles. The number of hydrogen-bond acceptors (Lipinski definition) is 10. The Labute approximate surface area is 329 Å². The number of para-hydroxylation sites is 1. The van der Waals surface area contributed by atoms with Crippen LogP contribution in [0.3, 0.4) is 0 Å². The molecule has 0 radical (unpaired) electrons. The van der Waals surface area contributed by atoms with E-state index in [1.807, 2.05) is 80.6 Å². The smallest absolute Gasteiger partial charge is 0.407 e. The molecule has 2 heterocycles. The number of nitrogens with one attached hydrogen (secondary N) is 3. The highest BCUT2D eigenvalue weighted by Crippen LogP contribution is 2.41. The van der Waals surface area contributed by atoms with E-state index in [4.69, 9.17) is 28.4 Å². The number of hydrogen-bond donors (Lipinski definition) is 3. The van der Waals surface area contributed by atoms with Crippen molar-refractivity contribution in [1.82, 2.24) is 16.0 Å². The lowest BCUT2D eigenvalue weighted by molar-refractivity contribution is -0.329. The van der Waals surface area contributed by atoms with Crippen molar-refractivity contribution in [3.63, 3.8) is 0 Å². The van der Waals surface area contributed by atoms with Crippen molar-refractivity contribution in [3.05, 3.63) is 77.9 Å². The average Bonchev–Trinajstić information content (AvgIpc) is 3.18. The third kappa shape index (κ3) is 12.6. The van der Waals surface area contributed by atoms with Crippen molar-refractivity contribution < 1.29 is 47.6 Å². The van der Waals surface area contributed by atoms with Crippen LogP contribution in [0.1, 0.15) is 83.3 Å². The summed E-state index contributed by atoms with van der Waals surface area (Å²) >= 11 is 0. The van der Waals surface area contributed by atoms with Gasteiger partial charge >= 0.3 is 18.2 Å². The molecular weight excluding hydrogens is 718 g/mol. The van der Waals surface area contributed by atoms with E-state index in [9.17, 15) is 19.2 Å². The minimum absolute atomic E-state index is 0.0147. The third-order valence-electron chi connectivity index (χ3n) is 10.1. The number of benzene rings is 3. The van der Waals surface area contributed by atoms with E-state index < -0.39 is 48.3 Å². The van der Waals surface area contributed by atoms with Gasteiger partial charge in [-0.05, 0) is 72.9 Å². The van der Waals surface area contributed by atoms with Gasteiger partial charge < -0.3 is 44.4 Å². The molecule has 0 unspecified atom stereocenters. The normalized spacial score (nSPS) is 21.2. The first-order valence-corrected chi connectivity index (χ1v) is 19.8. The first-order chi connectivity index (χ1) is 27.1. The summed E-state index contributed by atoms with van der Waals surface area (Å²) in [7, 11) is 1.61. The number of rotatable bonds is 17. The summed E-state index contributed by atoms with van der Waals surface area (Å²) < 4.78 is 35.3. The van der Waals surface area contributed by atoms with Crippen LogP contribution in [0.2, 0.25) is 0 Å². The fourth-order valence-electron chi connectivity index (χ4n) is 7.49. The Hall–Kier alpha value is -4.88. The second kappa shape index (κ2) is 20.9. The highest BCUT2D eigenvalue weighted by Gasteiger charge is 2.47. The zero-order chi connectivity index (χ0) is 39.9. The molecule has 2 saturated heterocycles. The Morgan fingerprint density at radius 1 is 0.893 bits per heavy atom. The van der Waals surface area contributed by atoms with Gasteiger partial charge in [-0.15, -0.1) is 0 Å². The Balaban J connectivity index is 1.20. The van der Waals surface area contributed by atoms with Gasteiger partial charge in [0.15, 0.2) is 5.79 Å². The summed E-state index contributed by atoms with van der Waals surface area (Å²) in [6.07, 6.45) is 1.32. The molecule has 3 N–H and O–H groups in total. The second-order valence-corrected chi connectivity index (χ2v) is 14.9. The number of esters is 1. The standard InChI is InChI=1S/C43H57N3O10/c1-5-52-40(48)37(24-29(2)3)46-39(47)20-19-33-25-35(54-42(50)45-27-32-15-10-14-30-12-6-8-17-36(30)32)26-43(55-33)22-11-16-34(56-43)28-53-41(49)44-23-21-31-13-7-9-18-38(31)51-4/h6-10,12-15,17-18,29,33-35,37H,5,11,16,19-28H2,1-4H3,(H,44,49)(H,45,50)(H,46,47)/t33-,34-,35-,37+,43+/m1/s1. The lowest BCUT2D eigenvalue weighted by Gasteiger charge is -2.47. The van der Waals surface area contributed by atoms with Crippen LogP contribution in [0.15, 0.2) is 66.7 Å². The molecule has 5 atom stereocenters. The lowest BCUT2D eigenvalue weighted by atomic mass is 9.90. The maximum atomic E-state index is 13.3. The molecule has 2 aliphatic heterocycles. The molecule has 3 aromatic rings. The highest BCUT2D eigenvalue weighted by molar-refractivity contribution is 5.86. The van der Waals surface area contributed by atoms with Gasteiger partial charge in [0.2, 0.25) is 5.91 Å². The molecule has 0 saturated carbocycles. The topological polar surface area (TPSA) is 160 Å². The number of fused-ring (bicyclic) bond motifs is 1. The van der Waals surface area contributed by atoms with E-state index in [1.165, 1.54) is 0 Å². The molecule has 304 valence electrons. The number of ether oxygens (including phenoxy) is 6. The average molecular weight is 776 g/mol. The Morgan fingerprint density at radius 3 is 2.45 bits per heavy atom. The summed E-state index contributed by atoms with van der Waals surface area (Å²) in [4.78, 5) is 51.6. The van der Waals surface area contributed by atoms with Crippen LogP contribution in [0.5, 0.6) is 5.75 Å². The molecule has 5 rings (SSSR count). The lowest BCUT2D eigenvalue weighted by Crippen LogP contribution is -2.54. The van der Waals surface area contributed by atoms with Crippen LogP contribution in [0.25, 0.3) is 10.8 Å². The molecule has 3 aromatic carbocycles. The summed E-state index contributed by atoms with van der Waals surface area (Å²) in [5, 5.41) is 10.7. The van der Waals surface area contributed by atoms with Gasteiger partial charge in [-0.1, -0.05) is 74.5 Å². The van der Waals surface area contributed by atoms with Gasteiger partial charge in [-0.25, -0.2) is 14.4 Å². The Morgan fingerprint density at radius 2 is 1.64 bits per heavy atom. The van der Waals surface area contributed by atoms with Gasteiger partial charge in [-0.3, -0.25) is 4.79 Å². The van der Waals surface area contributed by atoms with Crippen molar-refractivity contribution in [3.8, 4) is 5.75 Å². The molecule has 3 amide bonds. The quantitative estimate of drug-likeness (QED) is 0.0992. The van der Waals surface area contributed by atoms with Crippen molar-refractivity contribution in [2.75, 3.05) is 26.9 Å². The minimum Gasteiger partial charge on any atom is -0.496 e. The van der Waals surface area contributed by atoms with E-state index >= 15 is 0 Å². The van der Waals surface area contributed by atoms with Gasteiger partial charge in [0.1, 0.15) is 24.5 Å². The highest BCUT2D eigenvalue weighted by atomic mass is 16.7. The fraction of sp³-hybridized carbons (Fsp3) is 0.535. The third-order valence-corrected chi connectivity index (χ3v) is 10.1. The fourth-order valence-corrected chi connectivity index (χ4v) is 7.49. The van der Waals surface area contributed by atoms with E-state index in [2.05, 4.69) is 16.0 Å². The number of carbonyl (C=O) groups is 4. The van der Waals surface area contributed by atoms with Crippen molar-refractivity contribution in [1.29, 1.82) is 0 Å². The molecule has 0 bridgehead atoms. The number of carbonyl (C=O) groups excluding carboxylic acids is 4. The molecule has 13 heteroatoms. The molecule has 1 spiro atoms. The van der Waals surface area contributed by atoms with E-state index in [-0.39, 0.29) is 44.4 Å². The van der Waals surface area contributed by atoms with Gasteiger partial charge in [0, 0.05) is 38.8 Å². The van der Waals surface area contributed by atoms with Crippen molar-refractivity contribution >= 4 is 34.8 Å². The van der Waals surface area contributed by atoms with E-state index in [0.29, 0.717) is 45.1 Å².